The summed E-state index contributed by atoms with van der Waals surface area (Å²) in [6.45, 7) is 4.05. The summed E-state index contributed by atoms with van der Waals surface area (Å²) < 4.78 is 0. The van der Waals surface area contributed by atoms with Crippen molar-refractivity contribution in [3.63, 3.8) is 0 Å². The molecular weight excluding hydrogens is 208 g/mol. The Kier molecular flexibility index (Phi) is 4.73. The summed E-state index contributed by atoms with van der Waals surface area (Å²) in [6.07, 6.45) is 2.12. The number of halogens is 1. The van der Waals surface area contributed by atoms with Crippen molar-refractivity contribution < 1.29 is 9.90 Å². The minimum Gasteiger partial charge on any atom is -0.481 e. The minimum absolute atomic E-state index is 0.0324. The van der Waals surface area contributed by atoms with Crippen molar-refractivity contribution in [2.75, 3.05) is 5.33 Å². The number of hydrogen-bond acceptors (Lipinski definition) is 1. The Balaban J connectivity index is 3.98. The topological polar surface area (TPSA) is 37.3 Å². The summed E-state index contributed by atoms with van der Waals surface area (Å²) >= 11 is 3.32. The summed E-state index contributed by atoms with van der Waals surface area (Å²) in [5, 5.41) is 9.47. The molecule has 0 aliphatic rings. The molecule has 0 aromatic carbocycles. The van der Waals surface area contributed by atoms with E-state index in [-0.39, 0.29) is 11.8 Å². The summed E-state index contributed by atoms with van der Waals surface area (Å²) in [5.74, 6) is -0.699. The molecule has 1 unspecified atom stereocenters. The molecule has 0 fully saturated rings. The van der Waals surface area contributed by atoms with Crippen molar-refractivity contribution in [2.24, 2.45) is 5.41 Å². The van der Waals surface area contributed by atoms with Crippen LogP contribution in [0.5, 0.6) is 0 Å². The first-order valence-electron chi connectivity index (χ1n) is 3.82. The third-order valence-corrected chi connectivity index (χ3v) is 2.53. The van der Waals surface area contributed by atoms with Gasteiger partial charge in [0.1, 0.15) is 0 Å². The lowest BCUT2D eigenvalue weighted by molar-refractivity contribution is -0.139. The molecule has 0 radical (unpaired) electrons. The van der Waals surface area contributed by atoms with Crippen LogP contribution in [0.25, 0.3) is 0 Å². The molecule has 1 atom stereocenters. The van der Waals surface area contributed by atoms with Crippen molar-refractivity contribution in [1.29, 1.82) is 0 Å². The third kappa shape index (κ3) is 4.40. The standard InChI is InChI=1S/C8H15BrO2/c1-3-8(2,4-5-9)6-7(10)11/h3-6H2,1-2H3,(H,10,11). The lowest BCUT2D eigenvalue weighted by atomic mass is 9.82. The average molecular weight is 223 g/mol. The highest BCUT2D eigenvalue weighted by Gasteiger charge is 2.24. The Bertz CT molecular complexity index is 136. The van der Waals surface area contributed by atoms with Crippen molar-refractivity contribution >= 4 is 21.9 Å². The lowest BCUT2D eigenvalue weighted by Gasteiger charge is -2.24. The number of carboxylic acid groups (broad SMARTS) is 1. The smallest absolute Gasteiger partial charge is 0.303 e. The number of hydrogen-bond donors (Lipinski definition) is 1. The predicted octanol–water partition coefficient (Wildman–Crippen LogP) is 2.66. The van der Waals surface area contributed by atoms with Crippen LogP contribution in [0.1, 0.15) is 33.1 Å². The van der Waals surface area contributed by atoms with Gasteiger partial charge >= 0.3 is 5.97 Å². The first-order valence-corrected chi connectivity index (χ1v) is 4.94. The third-order valence-electron chi connectivity index (χ3n) is 2.13. The number of carboxylic acids is 1. The second kappa shape index (κ2) is 4.75. The monoisotopic (exact) mass is 222 g/mol. The van der Waals surface area contributed by atoms with Gasteiger partial charge in [0, 0.05) is 5.33 Å². The van der Waals surface area contributed by atoms with Gasteiger partial charge in [-0.1, -0.05) is 36.2 Å². The largest absolute Gasteiger partial charge is 0.481 e. The fraction of sp³-hybridized carbons (Fsp3) is 0.875. The van der Waals surface area contributed by atoms with Crippen LogP contribution >= 0.6 is 15.9 Å². The summed E-state index contributed by atoms with van der Waals surface area (Å²) in [4.78, 5) is 10.4. The van der Waals surface area contributed by atoms with E-state index in [1.807, 2.05) is 13.8 Å². The molecule has 0 aliphatic heterocycles. The van der Waals surface area contributed by atoms with Gasteiger partial charge in [-0.25, -0.2) is 0 Å². The highest BCUT2D eigenvalue weighted by atomic mass is 79.9. The molecule has 0 aromatic rings. The van der Waals surface area contributed by atoms with Gasteiger partial charge in [0.15, 0.2) is 0 Å². The molecule has 0 saturated heterocycles. The van der Waals surface area contributed by atoms with Gasteiger partial charge in [0.2, 0.25) is 0 Å². The Morgan fingerprint density at radius 1 is 1.64 bits per heavy atom. The van der Waals surface area contributed by atoms with Crippen LogP contribution in [0.15, 0.2) is 0 Å². The van der Waals surface area contributed by atoms with Gasteiger partial charge in [0.05, 0.1) is 6.42 Å². The molecule has 0 rings (SSSR count). The molecule has 1 N–H and O–H groups in total. The Labute approximate surface area is 76.1 Å². The molecule has 2 nitrogen and oxygen atoms in total. The van der Waals surface area contributed by atoms with E-state index in [2.05, 4.69) is 15.9 Å². The highest BCUT2D eigenvalue weighted by molar-refractivity contribution is 9.09. The fourth-order valence-electron chi connectivity index (χ4n) is 0.983. The van der Waals surface area contributed by atoms with E-state index in [9.17, 15) is 4.79 Å². The van der Waals surface area contributed by atoms with Crippen LogP contribution in [0.3, 0.4) is 0 Å². The summed E-state index contributed by atoms with van der Waals surface area (Å²) in [6, 6.07) is 0. The van der Waals surface area contributed by atoms with Crippen molar-refractivity contribution in [1.82, 2.24) is 0 Å². The number of rotatable bonds is 5. The van der Waals surface area contributed by atoms with Crippen molar-refractivity contribution in [3.8, 4) is 0 Å². The average Bonchev–Trinajstić information content (AvgIpc) is 1.87. The Hall–Kier alpha value is -0.0500. The van der Waals surface area contributed by atoms with Crippen molar-refractivity contribution in [2.45, 2.75) is 33.1 Å². The van der Waals surface area contributed by atoms with E-state index < -0.39 is 5.97 Å². The molecule has 0 saturated carbocycles. The van der Waals surface area contributed by atoms with Gasteiger partial charge in [-0.15, -0.1) is 0 Å². The first kappa shape index (κ1) is 11.0. The maximum absolute atomic E-state index is 10.4. The summed E-state index contributed by atoms with van der Waals surface area (Å²) in [7, 11) is 0. The van der Waals surface area contributed by atoms with Gasteiger partial charge < -0.3 is 5.11 Å². The van der Waals surface area contributed by atoms with Gasteiger partial charge in [0.25, 0.3) is 0 Å². The summed E-state index contributed by atoms with van der Waals surface area (Å²) in [5.41, 5.74) is -0.0324. The van der Waals surface area contributed by atoms with Gasteiger partial charge in [-0.2, -0.15) is 0 Å². The van der Waals surface area contributed by atoms with Gasteiger partial charge in [-0.3, -0.25) is 4.79 Å². The Morgan fingerprint density at radius 2 is 2.18 bits per heavy atom. The van der Waals surface area contributed by atoms with E-state index in [0.29, 0.717) is 0 Å². The molecule has 0 heterocycles. The van der Waals surface area contributed by atoms with Gasteiger partial charge in [-0.05, 0) is 11.8 Å². The number of carbonyl (C=O) groups is 1. The van der Waals surface area contributed by atoms with Crippen molar-refractivity contribution in [3.05, 3.63) is 0 Å². The molecule has 0 spiro atoms. The Morgan fingerprint density at radius 3 is 2.45 bits per heavy atom. The normalized spacial score (nSPS) is 15.9. The molecule has 0 amide bonds. The molecule has 0 aromatic heterocycles. The SMILES string of the molecule is CCC(C)(CCBr)CC(=O)O. The maximum Gasteiger partial charge on any atom is 0.303 e. The molecule has 3 heteroatoms. The maximum atomic E-state index is 10.4. The second-order valence-corrected chi connectivity index (χ2v) is 3.97. The quantitative estimate of drug-likeness (QED) is 0.727. The fourth-order valence-corrected chi connectivity index (χ4v) is 1.94. The highest BCUT2D eigenvalue weighted by Crippen LogP contribution is 2.30. The van der Waals surface area contributed by atoms with E-state index in [1.165, 1.54) is 0 Å². The van der Waals surface area contributed by atoms with Crippen LogP contribution in [-0.4, -0.2) is 16.4 Å². The zero-order chi connectivity index (χ0) is 8.91. The lowest BCUT2D eigenvalue weighted by Crippen LogP contribution is -2.20. The van der Waals surface area contributed by atoms with Crippen LogP contribution in [0.2, 0.25) is 0 Å². The van der Waals surface area contributed by atoms with E-state index in [1.54, 1.807) is 0 Å². The first-order chi connectivity index (χ1) is 5.04. The van der Waals surface area contributed by atoms with Crippen LogP contribution in [0.4, 0.5) is 0 Å². The zero-order valence-corrected chi connectivity index (χ0v) is 8.65. The van der Waals surface area contributed by atoms with Crippen LogP contribution in [-0.2, 0) is 4.79 Å². The second-order valence-electron chi connectivity index (χ2n) is 3.17. The zero-order valence-electron chi connectivity index (χ0n) is 7.06. The van der Waals surface area contributed by atoms with E-state index >= 15 is 0 Å². The predicted molar refractivity (Wildman–Crippen MR) is 49.1 cm³/mol. The van der Waals surface area contributed by atoms with Crippen LogP contribution in [0, 0.1) is 5.41 Å². The minimum atomic E-state index is -0.699. The molecule has 0 bridgehead atoms. The molecule has 0 aliphatic carbocycles. The number of aliphatic carboxylic acids is 1. The number of alkyl halides is 1. The molecular formula is C8H15BrO2. The van der Waals surface area contributed by atoms with E-state index in [0.717, 1.165) is 18.2 Å². The van der Waals surface area contributed by atoms with Crippen LogP contribution < -0.4 is 0 Å². The van der Waals surface area contributed by atoms with E-state index in [4.69, 9.17) is 5.11 Å². The molecule has 66 valence electrons. The molecule has 11 heavy (non-hydrogen) atoms.